The Morgan fingerprint density at radius 1 is 0.939 bits per heavy atom. The molecule has 2 aliphatic rings. The lowest BCUT2D eigenvalue weighted by atomic mass is 10.0. The molecule has 0 bridgehead atoms. The maximum Gasteiger partial charge on any atom is 0.330 e. The number of fused-ring (bicyclic) bond motifs is 1. The molecule has 10 heteroatoms. The maximum absolute atomic E-state index is 12.9. The molecule has 2 aliphatic heterocycles. The third-order valence-electron chi connectivity index (χ3n) is 5.78. The Morgan fingerprint density at radius 3 is 2.06 bits per heavy atom. The molecule has 3 amide bonds. The van der Waals surface area contributed by atoms with Gasteiger partial charge in [0, 0.05) is 38.6 Å². The highest BCUT2D eigenvalue weighted by atomic mass is 16.5. The van der Waals surface area contributed by atoms with Crippen LogP contribution in [0.3, 0.4) is 0 Å². The number of esters is 1. The van der Waals surface area contributed by atoms with Crippen LogP contribution in [0.25, 0.3) is 0 Å². The molecule has 1 aromatic heterocycles. The predicted octanol–water partition coefficient (Wildman–Crippen LogP) is 0.989. The number of anilines is 1. The quantitative estimate of drug-likeness (QED) is 0.472. The van der Waals surface area contributed by atoms with E-state index in [-0.39, 0.29) is 23.0 Å². The summed E-state index contributed by atoms with van der Waals surface area (Å²) < 4.78 is 5.29. The Kier molecular flexibility index (Phi) is 6.34. The van der Waals surface area contributed by atoms with E-state index >= 15 is 0 Å². The van der Waals surface area contributed by atoms with E-state index < -0.39 is 30.4 Å². The van der Waals surface area contributed by atoms with E-state index in [2.05, 4.69) is 9.97 Å². The Morgan fingerprint density at radius 2 is 1.52 bits per heavy atom. The molecule has 4 rings (SSSR count). The van der Waals surface area contributed by atoms with E-state index in [4.69, 9.17) is 4.74 Å². The summed E-state index contributed by atoms with van der Waals surface area (Å²) in [5.41, 5.74) is 0.523. The van der Waals surface area contributed by atoms with Crippen LogP contribution in [-0.4, -0.2) is 82.3 Å². The number of rotatable bonds is 6. The van der Waals surface area contributed by atoms with Crippen molar-refractivity contribution in [1.82, 2.24) is 19.8 Å². The lowest BCUT2D eigenvalue weighted by Gasteiger charge is -2.34. The third-order valence-corrected chi connectivity index (χ3v) is 5.78. The van der Waals surface area contributed by atoms with Gasteiger partial charge in [0.2, 0.25) is 5.95 Å². The fourth-order valence-electron chi connectivity index (χ4n) is 4.06. The number of carbonyl (C=O) groups excluding carboxylic acids is 4. The molecular weight excluding hydrogens is 426 g/mol. The highest BCUT2D eigenvalue weighted by molar-refractivity contribution is 6.22. The van der Waals surface area contributed by atoms with E-state index in [0.29, 0.717) is 32.1 Å². The second-order valence-corrected chi connectivity index (χ2v) is 8.24. The van der Waals surface area contributed by atoms with Gasteiger partial charge in [0.05, 0.1) is 11.1 Å². The van der Waals surface area contributed by atoms with Crippen LogP contribution in [0.5, 0.6) is 0 Å². The first-order chi connectivity index (χ1) is 15.9. The van der Waals surface area contributed by atoms with E-state index in [1.54, 1.807) is 61.5 Å². The van der Waals surface area contributed by atoms with Crippen molar-refractivity contribution < 1.29 is 23.9 Å². The predicted molar refractivity (Wildman–Crippen MR) is 117 cm³/mol. The highest BCUT2D eigenvalue weighted by Crippen LogP contribution is 2.27. The molecule has 0 N–H and O–H groups in total. The summed E-state index contributed by atoms with van der Waals surface area (Å²) in [6.07, 6.45) is 3.33. The number of aromatic nitrogens is 2. The fraction of sp³-hybridized carbons (Fsp3) is 0.391. The van der Waals surface area contributed by atoms with Crippen LogP contribution in [0.15, 0.2) is 42.7 Å². The zero-order valence-electron chi connectivity index (χ0n) is 18.5. The normalized spacial score (nSPS) is 16.8. The van der Waals surface area contributed by atoms with Crippen LogP contribution in [-0.2, 0) is 14.3 Å². The molecule has 0 aliphatic carbocycles. The average Bonchev–Trinajstić information content (AvgIpc) is 3.08. The van der Waals surface area contributed by atoms with Crippen molar-refractivity contribution in [2.24, 2.45) is 5.92 Å². The Balaban J connectivity index is 1.35. The number of nitrogens with zero attached hydrogens (tertiary/aromatic N) is 5. The molecule has 0 spiro atoms. The molecule has 2 aromatic rings. The lowest BCUT2D eigenvalue weighted by molar-refractivity contribution is -0.156. The van der Waals surface area contributed by atoms with Crippen molar-refractivity contribution in [3.63, 3.8) is 0 Å². The van der Waals surface area contributed by atoms with Gasteiger partial charge in [-0.2, -0.15) is 0 Å². The van der Waals surface area contributed by atoms with Crippen molar-refractivity contribution >= 4 is 29.6 Å². The van der Waals surface area contributed by atoms with Crippen molar-refractivity contribution in [3.8, 4) is 0 Å². The molecule has 1 saturated heterocycles. The molecule has 172 valence electrons. The van der Waals surface area contributed by atoms with Crippen LogP contribution >= 0.6 is 0 Å². The molecule has 1 aromatic carbocycles. The first-order valence-corrected chi connectivity index (χ1v) is 10.8. The van der Waals surface area contributed by atoms with Gasteiger partial charge in [0.1, 0.15) is 6.04 Å². The summed E-state index contributed by atoms with van der Waals surface area (Å²) in [4.78, 5) is 64.1. The van der Waals surface area contributed by atoms with Crippen LogP contribution < -0.4 is 4.90 Å². The van der Waals surface area contributed by atoms with Gasteiger partial charge in [0.15, 0.2) is 6.61 Å². The number of amides is 3. The SMILES string of the molecule is CC(C)[C@@H](C(=O)OCC(=O)N1CCN(c2ncccn2)CC1)N1C(=O)c2ccccc2C1=O. The van der Waals surface area contributed by atoms with Crippen LogP contribution in [0.2, 0.25) is 0 Å². The maximum atomic E-state index is 12.9. The van der Waals surface area contributed by atoms with Crippen LogP contribution in [0, 0.1) is 5.92 Å². The van der Waals surface area contributed by atoms with Gasteiger partial charge in [-0.05, 0) is 24.1 Å². The van der Waals surface area contributed by atoms with E-state index in [9.17, 15) is 19.2 Å². The summed E-state index contributed by atoms with van der Waals surface area (Å²) in [5.74, 6) is -1.94. The Labute approximate surface area is 191 Å². The molecule has 33 heavy (non-hydrogen) atoms. The molecule has 1 fully saturated rings. The molecule has 10 nitrogen and oxygen atoms in total. The number of hydrogen-bond acceptors (Lipinski definition) is 8. The topological polar surface area (TPSA) is 113 Å². The largest absolute Gasteiger partial charge is 0.454 e. The van der Waals surface area contributed by atoms with Crippen molar-refractivity contribution in [2.45, 2.75) is 19.9 Å². The number of benzene rings is 1. The second kappa shape index (κ2) is 9.35. The van der Waals surface area contributed by atoms with Gasteiger partial charge in [-0.15, -0.1) is 0 Å². The molecule has 0 radical (unpaired) electrons. The summed E-state index contributed by atoms with van der Waals surface area (Å²) in [5, 5.41) is 0. The summed E-state index contributed by atoms with van der Waals surface area (Å²) in [6.45, 7) is 5.01. The minimum atomic E-state index is -1.11. The van der Waals surface area contributed by atoms with E-state index in [1.807, 2.05) is 4.90 Å². The fourth-order valence-corrected chi connectivity index (χ4v) is 4.06. The molecule has 3 heterocycles. The Hall–Kier alpha value is -3.82. The minimum Gasteiger partial charge on any atom is -0.454 e. The van der Waals surface area contributed by atoms with E-state index in [0.717, 1.165) is 4.90 Å². The summed E-state index contributed by atoms with van der Waals surface area (Å²) in [7, 11) is 0. The zero-order chi connectivity index (χ0) is 23.5. The lowest BCUT2D eigenvalue weighted by Crippen LogP contribution is -2.51. The first kappa shape index (κ1) is 22.4. The van der Waals surface area contributed by atoms with Crippen LogP contribution in [0.1, 0.15) is 34.6 Å². The van der Waals surface area contributed by atoms with E-state index in [1.165, 1.54) is 0 Å². The van der Waals surface area contributed by atoms with Gasteiger partial charge in [0.25, 0.3) is 17.7 Å². The average molecular weight is 451 g/mol. The van der Waals surface area contributed by atoms with Crippen molar-refractivity contribution in [2.75, 3.05) is 37.7 Å². The van der Waals surface area contributed by atoms with Crippen molar-refractivity contribution in [3.05, 3.63) is 53.9 Å². The van der Waals surface area contributed by atoms with Gasteiger partial charge < -0.3 is 14.5 Å². The first-order valence-electron chi connectivity index (χ1n) is 10.8. The molecule has 0 unspecified atom stereocenters. The zero-order valence-corrected chi connectivity index (χ0v) is 18.5. The molecular formula is C23H25N5O5. The number of piperazine rings is 1. The number of hydrogen-bond donors (Lipinski definition) is 0. The standard InChI is InChI=1S/C23H25N5O5/c1-15(2)19(28-20(30)16-6-3-4-7-17(16)21(28)31)22(32)33-14-18(29)26-10-12-27(13-11-26)23-24-8-5-9-25-23/h3-9,15,19H,10-14H2,1-2H3/t19-/m0/s1. The number of imide groups is 1. The van der Waals surface area contributed by atoms with Crippen molar-refractivity contribution in [1.29, 1.82) is 0 Å². The molecule has 1 atom stereocenters. The summed E-state index contributed by atoms with van der Waals surface area (Å²) in [6, 6.07) is 7.07. The minimum absolute atomic E-state index is 0.261. The van der Waals surface area contributed by atoms with Crippen LogP contribution in [0.4, 0.5) is 5.95 Å². The van der Waals surface area contributed by atoms with Gasteiger partial charge in [-0.1, -0.05) is 26.0 Å². The number of ether oxygens (including phenoxy) is 1. The van der Waals surface area contributed by atoms with Gasteiger partial charge >= 0.3 is 5.97 Å². The Bertz CT molecular complexity index is 1030. The third kappa shape index (κ3) is 4.41. The monoisotopic (exact) mass is 451 g/mol. The number of carbonyl (C=O) groups is 4. The molecule has 0 saturated carbocycles. The second-order valence-electron chi connectivity index (χ2n) is 8.24. The van der Waals surface area contributed by atoms with Gasteiger partial charge in [-0.25, -0.2) is 14.8 Å². The summed E-state index contributed by atoms with van der Waals surface area (Å²) >= 11 is 0. The highest BCUT2D eigenvalue weighted by Gasteiger charge is 2.44. The van der Waals surface area contributed by atoms with Gasteiger partial charge in [-0.3, -0.25) is 19.3 Å². The smallest absolute Gasteiger partial charge is 0.330 e.